The zero-order chi connectivity index (χ0) is 24.9. The summed E-state index contributed by atoms with van der Waals surface area (Å²) < 4.78 is 6.07. The van der Waals surface area contributed by atoms with Crippen LogP contribution < -0.4 is 10.6 Å². The molecule has 3 N–H and O–H groups in total. The second kappa shape index (κ2) is 10.6. The van der Waals surface area contributed by atoms with E-state index in [0.717, 1.165) is 22.3 Å². The summed E-state index contributed by atoms with van der Waals surface area (Å²) in [7, 11) is 0. The molecule has 4 rings (SSSR count). The van der Waals surface area contributed by atoms with Crippen molar-refractivity contribution < 1.29 is 24.2 Å². The molecule has 0 spiro atoms. The molecule has 0 atom stereocenters. The lowest BCUT2D eigenvalue weighted by Crippen LogP contribution is -2.27. The second-order valence-corrected chi connectivity index (χ2v) is 8.96. The Kier molecular flexibility index (Phi) is 7.31. The number of benzene rings is 3. The zero-order valence-electron chi connectivity index (χ0n) is 18.9. The van der Waals surface area contributed by atoms with Gasteiger partial charge in [0.25, 0.3) is 5.91 Å². The number of hydrogen-bond acceptors (Lipinski definition) is 4. The molecule has 0 bridgehead atoms. The van der Waals surface area contributed by atoms with Gasteiger partial charge in [0.05, 0.1) is 11.3 Å². The van der Waals surface area contributed by atoms with Crippen LogP contribution in [0.15, 0.2) is 82.9 Å². The number of aromatic carboxylic acids is 1. The van der Waals surface area contributed by atoms with Gasteiger partial charge >= 0.3 is 12.1 Å². The van der Waals surface area contributed by atoms with Gasteiger partial charge in [0.1, 0.15) is 6.61 Å². The molecule has 0 radical (unpaired) electrons. The van der Waals surface area contributed by atoms with Gasteiger partial charge < -0.3 is 20.5 Å². The van der Waals surface area contributed by atoms with Crippen molar-refractivity contribution in [2.75, 3.05) is 18.5 Å². The maximum atomic E-state index is 12.5. The smallest absolute Gasteiger partial charge is 0.407 e. The van der Waals surface area contributed by atoms with E-state index >= 15 is 0 Å². The summed E-state index contributed by atoms with van der Waals surface area (Å²) in [6, 6.07) is 20.7. The standard InChI is InChI=1S/C27H23BrN2O5/c1-16(25(31)30-24-11-10-17(28)14-22(24)26(32)33)12-13-29-27(34)35-15-23-20-8-4-2-6-18(20)19-7-3-5-9-21(19)23/h2-12,14,23H,13,15H2,1H3,(H,29,34)(H,30,31)(H,32,33)/b16-12+. The van der Waals surface area contributed by atoms with Gasteiger partial charge in [-0.05, 0) is 47.4 Å². The van der Waals surface area contributed by atoms with Crippen LogP contribution in [0.4, 0.5) is 10.5 Å². The molecule has 1 aliphatic carbocycles. The van der Waals surface area contributed by atoms with Gasteiger partial charge in [0, 0.05) is 22.5 Å². The molecule has 0 saturated carbocycles. The van der Waals surface area contributed by atoms with Gasteiger partial charge in [0.2, 0.25) is 0 Å². The van der Waals surface area contributed by atoms with Crippen LogP contribution in [0.5, 0.6) is 0 Å². The molecule has 1 aliphatic rings. The number of rotatable bonds is 7. The van der Waals surface area contributed by atoms with Crippen molar-refractivity contribution >= 4 is 39.6 Å². The number of amides is 2. The predicted octanol–water partition coefficient (Wildman–Crippen LogP) is 5.57. The fraction of sp³-hybridized carbons (Fsp3) is 0.148. The monoisotopic (exact) mass is 534 g/mol. The van der Waals surface area contributed by atoms with E-state index in [4.69, 9.17) is 4.74 Å². The molecular formula is C27H23BrN2O5. The SMILES string of the molecule is C/C(=C\CNC(=O)OCC1c2ccccc2-c2ccccc21)C(=O)Nc1ccc(Br)cc1C(=O)O. The Labute approximate surface area is 210 Å². The summed E-state index contributed by atoms with van der Waals surface area (Å²) in [5.74, 6) is -1.66. The second-order valence-electron chi connectivity index (χ2n) is 8.04. The number of ether oxygens (including phenoxy) is 1. The summed E-state index contributed by atoms with van der Waals surface area (Å²) in [6.07, 6.45) is 0.952. The fourth-order valence-corrected chi connectivity index (χ4v) is 4.41. The number of fused-ring (bicyclic) bond motifs is 3. The third-order valence-corrected chi connectivity index (χ3v) is 6.31. The molecule has 35 heavy (non-hydrogen) atoms. The number of carboxylic acids is 1. The molecule has 0 fully saturated rings. The minimum atomic E-state index is -1.15. The van der Waals surface area contributed by atoms with E-state index in [2.05, 4.69) is 38.7 Å². The van der Waals surface area contributed by atoms with Gasteiger partial charge in [-0.2, -0.15) is 0 Å². The number of carbonyl (C=O) groups excluding carboxylic acids is 2. The van der Waals surface area contributed by atoms with Crippen molar-refractivity contribution in [1.82, 2.24) is 5.32 Å². The highest BCUT2D eigenvalue weighted by Crippen LogP contribution is 2.44. The molecule has 0 unspecified atom stereocenters. The van der Waals surface area contributed by atoms with E-state index < -0.39 is 18.0 Å². The number of nitrogens with one attached hydrogen (secondary N) is 2. The van der Waals surface area contributed by atoms with Crippen molar-refractivity contribution in [1.29, 1.82) is 0 Å². The summed E-state index contributed by atoms with van der Waals surface area (Å²) in [5.41, 5.74) is 5.03. The minimum Gasteiger partial charge on any atom is -0.478 e. The number of halogens is 1. The quantitative estimate of drug-likeness (QED) is 0.343. The van der Waals surface area contributed by atoms with Crippen molar-refractivity contribution in [3.63, 3.8) is 0 Å². The van der Waals surface area contributed by atoms with E-state index in [1.54, 1.807) is 13.0 Å². The first kappa shape index (κ1) is 24.2. The first-order valence-corrected chi connectivity index (χ1v) is 11.7. The lowest BCUT2D eigenvalue weighted by atomic mass is 9.98. The molecule has 0 saturated heterocycles. The Morgan fingerprint density at radius 1 is 1.00 bits per heavy atom. The van der Waals surface area contributed by atoms with Crippen LogP contribution in [-0.2, 0) is 9.53 Å². The minimum absolute atomic E-state index is 0.0303. The summed E-state index contributed by atoms with van der Waals surface area (Å²) in [6.45, 7) is 1.86. The Bertz CT molecular complexity index is 1290. The Balaban J connectivity index is 1.31. The summed E-state index contributed by atoms with van der Waals surface area (Å²) >= 11 is 3.22. The van der Waals surface area contributed by atoms with Gasteiger partial charge in [-0.25, -0.2) is 9.59 Å². The fourth-order valence-electron chi connectivity index (χ4n) is 4.05. The van der Waals surface area contributed by atoms with Crippen LogP contribution in [0.1, 0.15) is 34.3 Å². The number of alkyl carbamates (subject to hydrolysis) is 1. The third-order valence-electron chi connectivity index (χ3n) is 5.82. The maximum absolute atomic E-state index is 12.5. The van der Waals surface area contributed by atoms with E-state index in [1.165, 1.54) is 18.2 Å². The highest BCUT2D eigenvalue weighted by molar-refractivity contribution is 9.10. The van der Waals surface area contributed by atoms with E-state index in [0.29, 0.717) is 10.0 Å². The largest absolute Gasteiger partial charge is 0.478 e. The number of hydrogen-bond donors (Lipinski definition) is 3. The van der Waals surface area contributed by atoms with E-state index in [9.17, 15) is 19.5 Å². The molecule has 2 amide bonds. The van der Waals surface area contributed by atoms with Crippen LogP contribution in [0.25, 0.3) is 11.1 Å². The molecule has 0 heterocycles. The van der Waals surface area contributed by atoms with Crippen LogP contribution >= 0.6 is 15.9 Å². The zero-order valence-corrected chi connectivity index (χ0v) is 20.5. The third kappa shape index (κ3) is 5.44. The van der Waals surface area contributed by atoms with Crippen molar-refractivity contribution in [3.8, 4) is 11.1 Å². The molecule has 3 aromatic rings. The van der Waals surface area contributed by atoms with Crippen LogP contribution in [0.3, 0.4) is 0 Å². The van der Waals surface area contributed by atoms with Crippen molar-refractivity contribution in [2.24, 2.45) is 0 Å². The van der Waals surface area contributed by atoms with Gasteiger partial charge in [-0.1, -0.05) is 70.5 Å². The van der Waals surface area contributed by atoms with Crippen LogP contribution in [-0.4, -0.2) is 36.2 Å². The van der Waals surface area contributed by atoms with Gasteiger partial charge in [0.15, 0.2) is 0 Å². The Morgan fingerprint density at radius 3 is 2.26 bits per heavy atom. The lowest BCUT2D eigenvalue weighted by Gasteiger charge is -2.14. The highest BCUT2D eigenvalue weighted by atomic mass is 79.9. The van der Waals surface area contributed by atoms with E-state index in [-0.39, 0.29) is 30.3 Å². The van der Waals surface area contributed by atoms with Gasteiger partial charge in [-0.15, -0.1) is 0 Å². The van der Waals surface area contributed by atoms with Crippen molar-refractivity contribution in [2.45, 2.75) is 12.8 Å². The highest BCUT2D eigenvalue weighted by Gasteiger charge is 2.28. The molecular weight excluding hydrogens is 512 g/mol. The van der Waals surface area contributed by atoms with Crippen molar-refractivity contribution in [3.05, 3.63) is 99.5 Å². The molecule has 0 aliphatic heterocycles. The first-order valence-electron chi connectivity index (χ1n) is 10.9. The maximum Gasteiger partial charge on any atom is 0.407 e. The van der Waals surface area contributed by atoms with E-state index in [1.807, 2.05) is 36.4 Å². The normalized spacial score (nSPS) is 12.5. The molecule has 178 valence electrons. The number of carbonyl (C=O) groups is 3. The van der Waals surface area contributed by atoms with Crippen LogP contribution in [0, 0.1) is 0 Å². The number of carboxylic acid groups (broad SMARTS) is 1. The molecule has 7 nitrogen and oxygen atoms in total. The summed E-state index contributed by atoms with van der Waals surface area (Å²) in [5, 5.41) is 14.5. The summed E-state index contributed by atoms with van der Waals surface area (Å²) in [4.78, 5) is 36.2. The van der Waals surface area contributed by atoms with Crippen LogP contribution in [0.2, 0.25) is 0 Å². The average Bonchev–Trinajstić information content (AvgIpc) is 3.17. The molecule has 0 aromatic heterocycles. The average molecular weight is 535 g/mol. The molecule has 8 heteroatoms. The first-order chi connectivity index (χ1) is 16.8. The van der Waals surface area contributed by atoms with Gasteiger partial charge in [-0.3, -0.25) is 4.79 Å². The lowest BCUT2D eigenvalue weighted by molar-refractivity contribution is -0.112. The Hall–Kier alpha value is -3.91. The predicted molar refractivity (Wildman–Crippen MR) is 137 cm³/mol. The topological polar surface area (TPSA) is 105 Å². The Morgan fingerprint density at radius 2 is 1.63 bits per heavy atom. The molecule has 3 aromatic carbocycles. The number of anilines is 1.